The third-order valence-corrected chi connectivity index (χ3v) is 7.63. The maximum absolute atomic E-state index is 14.1. The average Bonchev–Trinajstić information content (AvgIpc) is 3.50. The van der Waals surface area contributed by atoms with Gasteiger partial charge in [-0.2, -0.15) is 18.4 Å². The Kier molecular flexibility index (Phi) is 8.21. The van der Waals surface area contributed by atoms with Gasteiger partial charge in [0.1, 0.15) is 11.8 Å². The Labute approximate surface area is 243 Å². The van der Waals surface area contributed by atoms with Crippen molar-refractivity contribution in [1.82, 2.24) is 9.97 Å². The zero-order valence-electron chi connectivity index (χ0n) is 24.4. The van der Waals surface area contributed by atoms with Crippen molar-refractivity contribution in [2.75, 3.05) is 0 Å². The number of fused-ring (bicyclic) bond motifs is 2. The maximum Gasteiger partial charge on any atom is 0.417 e. The number of nitriles is 1. The number of halogens is 3. The van der Waals surface area contributed by atoms with E-state index in [1.807, 2.05) is 57.2 Å². The third kappa shape index (κ3) is 6.47. The van der Waals surface area contributed by atoms with Gasteiger partial charge in [0, 0.05) is 34.7 Å². The van der Waals surface area contributed by atoms with Crippen molar-refractivity contribution >= 4 is 21.8 Å². The molecule has 0 amide bonds. The van der Waals surface area contributed by atoms with E-state index in [0.29, 0.717) is 16.8 Å². The van der Waals surface area contributed by atoms with Gasteiger partial charge in [-0.15, -0.1) is 0 Å². The Balaban J connectivity index is 0.000000305. The number of nitrogens with one attached hydrogen (secondary N) is 2. The van der Waals surface area contributed by atoms with Gasteiger partial charge in [-0.25, -0.2) is 0 Å². The summed E-state index contributed by atoms with van der Waals surface area (Å²) in [6.07, 6.45) is -4.32. The van der Waals surface area contributed by atoms with Gasteiger partial charge >= 0.3 is 6.18 Å². The lowest BCUT2D eigenvalue weighted by molar-refractivity contribution is -0.266. The number of aromatic hydroxyl groups is 1. The number of aromatic amines is 2. The molecule has 5 rings (SSSR count). The summed E-state index contributed by atoms with van der Waals surface area (Å²) < 4.78 is 42.4. The summed E-state index contributed by atoms with van der Waals surface area (Å²) in [5, 5.41) is 31.8. The Morgan fingerprint density at radius 1 is 0.857 bits per heavy atom. The molecule has 0 saturated heterocycles. The largest absolute Gasteiger partial charge is 0.508 e. The fraction of sp³-hybridized carbons (Fsp3) is 0.324. The average molecular weight is 576 g/mol. The van der Waals surface area contributed by atoms with E-state index in [1.165, 1.54) is 6.07 Å². The van der Waals surface area contributed by atoms with E-state index in [9.17, 15) is 23.4 Å². The van der Waals surface area contributed by atoms with Gasteiger partial charge in [0.15, 0.2) is 5.60 Å². The lowest BCUT2D eigenvalue weighted by Crippen LogP contribution is -2.50. The summed E-state index contributed by atoms with van der Waals surface area (Å²) in [5.74, 6) is -0.0758. The molecule has 2 heterocycles. The highest BCUT2D eigenvalue weighted by atomic mass is 19.4. The summed E-state index contributed by atoms with van der Waals surface area (Å²) in [4.78, 5) is 6.00. The van der Waals surface area contributed by atoms with Crippen LogP contribution < -0.4 is 0 Å². The van der Waals surface area contributed by atoms with Gasteiger partial charge in [0.2, 0.25) is 0 Å². The molecule has 0 radical (unpaired) electrons. The second kappa shape index (κ2) is 11.2. The first-order valence-corrected chi connectivity index (χ1v) is 13.7. The number of para-hydroxylation sites is 2. The molecule has 0 saturated carbocycles. The van der Waals surface area contributed by atoms with E-state index in [4.69, 9.17) is 5.26 Å². The Morgan fingerprint density at radius 3 is 2.12 bits per heavy atom. The number of hydrogen-bond donors (Lipinski definition) is 4. The molecular weight excluding hydrogens is 539 g/mol. The summed E-state index contributed by atoms with van der Waals surface area (Å²) in [6.45, 7) is 9.24. The Morgan fingerprint density at radius 2 is 1.50 bits per heavy atom. The predicted octanol–water partition coefficient (Wildman–Crippen LogP) is 8.41. The van der Waals surface area contributed by atoms with Gasteiger partial charge in [-0.1, -0.05) is 83.1 Å². The number of rotatable bonds is 5. The van der Waals surface area contributed by atoms with Crippen LogP contribution in [0.5, 0.6) is 5.75 Å². The van der Waals surface area contributed by atoms with Crippen molar-refractivity contribution < 1.29 is 23.4 Å². The molecule has 1 atom stereocenters. The zero-order valence-corrected chi connectivity index (χ0v) is 24.4. The second-order valence-corrected chi connectivity index (χ2v) is 12.5. The first kappa shape index (κ1) is 30.7. The summed E-state index contributed by atoms with van der Waals surface area (Å²) in [7, 11) is 0. The second-order valence-electron chi connectivity index (χ2n) is 12.5. The molecule has 4 N–H and O–H groups in total. The molecule has 1 unspecified atom stereocenters. The monoisotopic (exact) mass is 575 g/mol. The minimum atomic E-state index is -4.85. The highest BCUT2D eigenvalue weighted by molar-refractivity contribution is 5.85. The van der Waals surface area contributed by atoms with E-state index in [2.05, 4.69) is 16.0 Å². The van der Waals surface area contributed by atoms with Crippen molar-refractivity contribution in [1.29, 1.82) is 5.26 Å². The van der Waals surface area contributed by atoms with Crippen LogP contribution in [0.1, 0.15) is 63.4 Å². The topological polar surface area (TPSA) is 95.8 Å². The van der Waals surface area contributed by atoms with Crippen LogP contribution in [-0.4, -0.2) is 32.0 Å². The van der Waals surface area contributed by atoms with E-state index in [-0.39, 0.29) is 11.2 Å². The molecule has 0 fully saturated rings. The highest BCUT2D eigenvalue weighted by Crippen LogP contribution is 2.45. The number of alkyl halides is 3. The normalized spacial score (nSPS) is 13.8. The number of H-pyrrole nitrogens is 2. The minimum Gasteiger partial charge on any atom is -0.508 e. The number of phenolic OH excluding ortho intramolecular Hbond substituents is 1. The van der Waals surface area contributed by atoms with Crippen LogP contribution >= 0.6 is 0 Å². The molecule has 3 aromatic carbocycles. The number of benzene rings is 3. The standard InChI is InChI=1S/C25H30F3NO2.C9H6N2/c1-22(2,3)17-10-11-21(30)19(13-17)23(4,5)15-24(31,25(26,27)28)14-18-12-16-8-6-7-9-20(16)29-18;10-5-7-6-11-9-4-2-1-3-8(7)9/h6-13,29-31H,14-15H2,1-5H3;1-4,6,11H. The molecule has 0 aliphatic heterocycles. The predicted molar refractivity (Wildman–Crippen MR) is 160 cm³/mol. The molecule has 0 spiro atoms. The van der Waals surface area contributed by atoms with Gasteiger partial charge in [0.05, 0.1) is 5.56 Å². The Hall–Kier alpha value is -4.22. The quantitative estimate of drug-likeness (QED) is 0.169. The van der Waals surface area contributed by atoms with Crippen LogP contribution in [0, 0.1) is 11.3 Å². The molecule has 42 heavy (non-hydrogen) atoms. The van der Waals surface area contributed by atoms with Gasteiger partial charge < -0.3 is 20.2 Å². The number of nitrogens with zero attached hydrogens (tertiary/aromatic N) is 1. The first-order chi connectivity index (χ1) is 19.5. The van der Waals surface area contributed by atoms with E-state index in [0.717, 1.165) is 27.4 Å². The van der Waals surface area contributed by atoms with Crippen molar-refractivity contribution in [3.05, 3.63) is 101 Å². The smallest absolute Gasteiger partial charge is 0.417 e. The van der Waals surface area contributed by atoms with Crippen LogP contribution in [0.25, 0.3) is 21.8 Å². The fourth-order valence-corrected chi connectivity index (χ4v) is 5.34. The summed E-state index contributed by atoms with van der Waals surface area (Å²) >= 11 is 0. The molecule has 0 bridgehead atoms. The van der Waals surface area contributed by atoms with Gasteiger partial charge in [-0.05, 0) is 58.0 Å². The summed E-state index contributed by atoms with van der Waals surface area (Å²) in [5.41, 5.74) is -0.295. The number of hydrogen-bond acceptors (Lipinski definition) is 3. The molecule has 220 valence electrons. The number of aromatic nitrogens is 2. The lowest BCUT2D eigenvalue weighted by Gasteiger charge is -2.38. The molecule has 8 heteroatoms. The lowest BCUT2D eigenvalue weighted by atomic mass is 9.72. The molecule has 0 aliphatic carbocycles. The maximum atomic E-state index is 14.1. The van der Waals surface area contributed by atoms with E-state index >= 15 is 0 Å². The molecular formula is C34H36F3N3O2. The number of phenols is 1. The van der Waals surface area contributed by atoms with Crippen molar-refractivity contribution in [3.63, 3.8) is 0 Å². The van der Waals surface area contributed by atoms with Gasteiger partial charge in [-0.3, -0.25) is 0 Å². The Bertz CT molecular complexity index is 1700. The van der Waals surface area contributed by atoms with E-state index < -0.39 is 30.0 Å². The van der Waals surface area contributed by atoms with Crippen molar-refractivity contribution in [2.24, 2.45) is 0 Å². The highest BCUT2D eigenvalue weighted by Gasteiger charge is 2.56. The first-order valence-electron chi connectivity index (χ1n) is 13.7. The SMILES string of the molecule is CC(C)(C)c1ccc(O)c(C(C)(C)CC(O)(Cc2cc3ccccc3[nH]2)C(F)(F)F)c1.N#Cc1c[nH]c2ccccc12. The van der Waals surface area contributed by atoms with Crippen LogP contribution in [0.2, 0.25) is 0 Å². The molecule has 0 aliphatic rings. The fourth-order valence-electron chi connectivity index (χ4n) is 5.34. The minimum absolute atomic E-state index is 0.0758. The molecule has 5 aromatic rings. The van der Waals surface area contributed by atoms with E-state index in [1.54, 1.807) is 50.4 Å². The van der Waals surface area contributed by atoms with Crippen LogP contribution in [0.4, 0.5) is 13.2 Å². The van der Waals surface area contributed by atoms with Crippen LogP contribution in [0.15, 0.2) is 79.0 Å². The third-order valence-electron chi connectivity index (χ3n) is 7.63. The molecule has 2 aromatic heterocycles. The van der Waals surface area contributed by atoms with Crippen LogP contribution in [-0.2, 0) is 17.3 Å². The van der Waals surface area contributed by atoms with Crippen LogP contribution in [0.3, 0.4) is 0 Å². The number of aliphatic hydroxyl groups is 1. The zero-order chi connectivity index (χ0) is 30.9. The molecule has 5 nitrogen and oxygen atoms in total. The van der Waals surface area contributed by atoms with Crippen molar-refractivity contribution in [3.8, 4) is 11.8 Å². The van der Waals surface area contributed by atoms with Crippen molar-refractivity contribution in [2.45, 2.75) is 70.1 Å². The van der Waals surface area contributed by atoms with Gasteiger partial charge in [0.25, 0.3) is 0 Å². The summed E-state index contributed by atoms with van der Waals surface area (Å²) in [6, 6.07) is 23.7.